The molecule has 0 saturated carbocycles. The lowest BCUT2D eigenvalue weighted by Gasteiger charge is -2.44. The zero-order valence-electron chi connectivity index (χ0n) is 17.6. The second kappa shape index (κ2) is 8.11. The zero-order chi connectivity index (χ0) is 22.1. The number of methoxy groups -OCH3 is 1. The molecular formula is C23H25N5O2. The van der Waals surface area contributed by atoms with E-state index in [-0.39, 0.29) is 29.2 Å². The first kappa shape index (κ1) is 21.2. The van der Waals surface area contributed by atoms with Gasteiger partial charge in [0.05, 0.1) is 42.7 Å². The number of ether oxygens (including phenoxy) is 2. The number of fused-ring (bicyclic) bond motifs is 1. The molecular weight excluding hydrogens is 378 g/mol. The molecule has 0 amide bonds. The Bertz CT molecular complexity index is 1020. The zero-order valence-corrected chi connectivity index (χ0v) is 17.6. The van der Waals surface area contributed by atoms with E-state index in [0.717, 1.165) is 5.56 Å². The summed E-state index contributed by atoms with van der Waals surface area (Å²) in [6.45, 7) is 5.07. The summed E-state index contributed by atoms with van der Waals surface area (Å²) in [6.07, 6.45) is 1.85. The molecule has 0 fully saturated rings. The van der Waals surface area contributed by atoms with Gasteiger partial charge in [-0.05, 0) is 44.2 Å². The quantitative estimate of drug-likeness (QED) is 0.768. The summed E-state index contributed by atoms with van der Waals surface area (Å²) in [6, 6.07) is 12.0. The summed E-state index contributed by atoms with van der Waals surface area (Å²) < 4.78 is 11.3. The van der Waals surface area contributed by atoms with Crippen molar-refractivity contribution in [3.8, 4) is 29.7 Å². The minimum atomic E-state index is -1.61. The smallest absolute Gasteiger partial charge is 0.204 e. The van der Waals surface area contributed by atoms with Crippen molar-refractivity contribution in [1.82, 2.24) is 4.90 Å². The van der Waals surface area contributed by atoms with E-state index in [9.17, 15) is 15.8 Å². The molecule has 7 nitrogen and oxygen atoms in total. The van der Waals surface area contributed by atoms with E-state index in [1.54, 1.807) is 7.11 Å². The van der Waals surface area contributed by atoms with Crippen LogP contribution in [0.15, 0.2) is 41.1 Å². The van der Waals surface area contributed by atoms with Crippen LogP contribution in [0, 0.1) is 45.3 Å². The van der Waals surface area contributed by atoms with Crippen molar-refractivity contribution in [2.45, 2.75) is 25.9 Å². The van der Waals surface area contributed by atoms with Crippen LogP contribution < -0.4 is 15.2 Å². The Morgan fingerprint density at radius 2 is 1.90 bits per heavy atom. The molecule has 0 aromatic heterocycles. The molecule has 2 atom stereocenters. The second-order valence-corrected chi connectivity index (χ2v) is 7.95. The number of benzene rings is 1. The van der Waals surface area contributed by atoms with Crippen molar-refractivity contribution < 1.29 is 9.47 Å². The number of hydrogen-bond donors (Lipinski definition) is 1. The van der Waals surface area contributed by atoms with Gasteiger partial charge in [0.2, 0.25) is 5.41 Å². The van der Waals surface area contributed by atoms with Crippen LogP contribution in [0.4, 0.5) is 0 Å². The van der Waals surface area contributed by atoms with Gasteiger partial charge in [0.25, 0.3) is 0 Å². The Kier molecular flexibility index (Phi) is 5.74. The van der Waals surface area contributed by atoms with E-state index < -0.39 is 5.41 Å². The molecule has 2 aliphatic rings. The van der Waals surface area contributed by atoms with Gasteiger partial charge < -0.3 is 20.1 Å². The fourth-order valence-corrected chi connectivity index (χ4v) is 4.39. The summed E-state index contributed by atoms with van der Waals surface area (Å²) >= 11 is 0. The van der Waals surface area contributed by atoms with E-state index in [4.69, 9.17) is 15.2 Å². The first-order valence-corrected chi connectivity index (χ1v) is 9.79. The third-order valence-electron chi connectivity index (χ3n) is 5.74. The lowest BCUT2D eigenvalue weighted by molar-refractivity contribution is 0.229. The van der Waals surface area contributed by atoms with E-state index in [0.29, 0.717) is 30.2 Å². The van der Waals surface area contributed by atoms with Gasteiger partial charge >= 0.3 is 0 Å². The molecule has 2 unspecified atom stereocenters. The van der Waals surface area contributed by atoms with Gasteiger partial charge in [0, 0.05) is 24.9 Å². The third kappa shape index (κ3) is 3.26. The van der Waals surface area contributed by atoms with Crippen LogP contribution in [0.3, 0.4) is 0 Å². The molecule has 1 heterocycles. The van der Waals surface area contributed by atoms with Crippen molar-refractivity contribution >= 4 is 0 Å². The van der Waals surface area contributed by atoms with Crippen LogP contribution in [-0.4, -0.2) is 38.3 Å². The Balaban J connectivity index is 2.26. The summed E-state index contributed by atoms with van der Waals surface area (Å²) in [4.78, 5) is 2.10. The second-order valence-electron chi connectivity index (χ2n) is 7.95. The minimum Gasteiger partial charge on any atom is -0.493 e. The SMILES string of the molecule is COc1ccc(C2C(C#N)=C(N)C(C#N)(C#N)C3=CCN(C)CC32)cc1OC(C)C. The molecule has 0 spiro atoms. The predicted molar refractivity (Wildman–Crippen MR) is 111 cm³/mol. The van der Waals surface area contributed by atoms with Crippen LogP contribution >= 0.6 is 0 Å². The molecule has 0 saturated heterocycles. The summed E-state index contributed by atoms with van der Waals surface area (Å²) in [5, 5.41) is 29.8. The monoisotopic (exact) mass is 403 g/mol. The Hall–Kier alpha value is -3.47. The highest BCUT2D eigenvalue weighted by Gasteiger charge is 2.52. The molecule has 3 rings (SSSR count). The average Bonchev–Trinajstić information content (AvgIpc) is 2.73. The maximum absolute atomic E-state index is 9.99. The van der Waals surface area contributed by atoms with E-state index in [1.165, 1.54) is 0 Å². The molecule has 1 aliphatic heterocycles. The molecule has 1 aliphatic carbocycles. The molecule has 0 bridgehead atoms. The van der Waals surface area contributed by atoms with Gasteiger partial charge in [-0.2, -0.15) is 15.8 Å². The van der Waals surface area contributed by atoms with Crippen LogP contribution in [0.5, 0.6) is 11.5 Å². The summed E-state index contributed by atoms with van der Waals surface area (Å²) in [7, 11) is 3.55. The van der Waals surface area contributed by atoms with Gasteiger partial charge in [-0.25, -0.2) is 0 Å². The van der Waals surface area contributed by atoms with Gasteiger partial charge in [0.1, 0.15) is 0 Å². The summed E-state index contributed by atoms with van der Waals surface area (Å²) in [5.74, 6) is 0.552. The lowest BCUT2D eigenvalue weighted by atomic mass is 9.60. The largest absolute Gasteiger partial charge is 0.493 e. The molecule has 7 heteroatoms. The van der Waals surface area contributed by atoms with Crippen molar-refractivity contribution in [2.75, 3.05) is 27.2 Å². The maximum atomic E-state index is 9.99. The predicted octanol–water partition coefficient (Wildman–Crippen LogP) is 2.84. The van der Waals surface area contributed by atoms with Gasteiger partial charge in [-0.15, -0.1) is 0 Å². The van der Waals surface area contributed by atoms with Crippen LogP contribution in [0.2, 0.25) is 0 Å². The first-order chi connectivity index (χ1) is 14.3. The fraction of sp³-hybridized carbons (Fsp3) is 0.435. The van der Waals surface area contributed by atoms with E-state index >= 15 is 0 Å². The number of rotatable bonds is 4. The molecule has 30 heavy (non-hydrogen) atoms. The van der Waals surface area contributed by atoms with Crippen molar-refractivity contribution in [1.29, 1.82) is 15.8 Å². The van der Waals surface area contributed by atoms with Crippen molar-refractivity contribution in [2.24, 2.45) is 17.1 Å². The van der Waals surface area contributed by atoms with Crippen molar-refractivity contribution in [3.05, 3.63) is 46.7 Å². The van der Waals surface area contributed by atoms with Crippen molar-refractivity contribution in [3.63, 3.8) is 0 Å². The number of nitrogens with zero attached hydrogens (tertiary/aromatic N) is 4. The first-order valence-electron chi connectivity index (χ1n) is 9.79. The number of hydrogen-bond acceptors (Lipinski definition) is 7. The normalized spacial score (nSPS) is 22.9. The molecule has 2 N–H and O–H groups in total. The van der Waals surface area contributed by atoms with Gasteiger partial charge in [0.15, 0.2) is 11.5 Å². The highest BCUT2D eigenvalue weighted by atomic mass is 16.5. The van der Waals surface area contributed by atoms with Crippen LogP contribution in [0.1, 0.15) is 25.3 Å². The van der Waals surface area contributed by atoms with Gasteiger partial charge in [-0.1, -0.05) is 12.1 Å². The number of allylic oxidation sites excluding steroid dienone is 2. The summed E-state index contributed by atoms with van der Waals surface area (Å²) in [5.41, 5.74) is 6.51. The molecule has 154 valence electrons. The highest BCUT2D eigenvalue weighted by Crippen LogP contribution is 2.53. The number of nitriles is 3. The average molecular weight is 403 g/mol. The lowest BCUT2D eigenvalue weighted by Crippen LogP contribution is -2.46. The topological polar surface area (TPSA) is 119 Å². The standard InChI is InChI=1S/C23H25N5O2/c1-14(2)30-20-9-15(5-6-19(20)29-4)21-16(10-24)22(27)23(12-25,13-26)18-7-8-28(3)11-17(18)21/h5-7,9,14,17,21H,8,11,27H2,1-4H3. The molecule has 1 aromatic carbocycles. The number of likely N-dealkylation sites (N-methyl/N-ethyl adjacent to an activating group) is 1. The minimum absolute atomic E-state index is 0.0224. The maximum Gasteiger partial charge on any atom is 0.204 e. The fourth-order valence-electron chi connectivity index (χ4n) is 4.39. The van der Waals surface area contributed by atoms with Crippen LogP contribution in [-0.2, 0) is 0 Å². The van der Waals surface area contributed by atoms with Crippen LogP contribution in [0.25, 0.3) is 0 Å². The molecule has 0 radical (unpaired) electrons. The van der Waals surface area contributed by atoms with Gasteiger partial charge in [-0.3, -0.25) is 0 Å². The van der Waals surface area contributed by atoms with E-state index in [1.807, 2.05) is 45.2 Å². The van der Waals surface area contributed by atoms with E-state index in [2.05, 4.69) is 23.1 Å². The Labute approximate surface area is 177 Å². The third-order valence-corrected chi connectivity index (χ3v) is 5.74. The Morgan fingerprint density at radius 3 is 2.47 bits per heavy atom. The number of nitrogens with two attached hydrogens (primary N) is 1. The highest BCUT2D eigenvalue weighted by molar-refractivity contribution is 5.59. The Morgan fingerprint density at radius 1 is 1.20 bits per heavy atom. The molecule has 1 aromatic rings.